The van der Waals surface area contributed by atoms with Crippen LogP contribution in [-0.4, -0.2) is 27.8 Å². The number of rotatable bonds is 1. The first-order chi connectivity index (χ1) is 7.50. The number of aromatic nitrogens is 2. The molecule has 3 nitrogen and oxygen atoms in total. The molecule has 0 bridgehead atoms. The highest BCUT2D eigenvalue weighted by Gasteiger charge is 2.23. The second-order valence-corrected chi connectivity index (χ2v) is 5.41. The van der Waals surface area contributed by atoms with Crippen molar-refractivity contribution in [3.8, 4) is 12.3 Å². The lowest BCUT2D eigenvalue weighted by molar-refractivity contribution is 0.237. The first kappa shape index (κ1) is 11.2. The molecule has 0 saturated heterocycles. The molecule has 0 radical (unpaired) electrons. The lowest BCUT2D eigenvalue weighted by Gasteiger charge is -2.25. The molecule has 1 aliphatic rings. The van der Waals surface area contributed by atoms with Gasteiger partial charge in [-0.2, -0.15) is 5.10 Å². The Morgan fingerprint density at radius 1 is 1.44 bits per heavy atom. The molecule has 16 heavy (non-hydrogen) atoms. The third-order valence-corrected chi connectivity index (χ3v) is 2.96. The zero-order valence-corrected chi connectivity index (χ0v) is 10.3. The Bertz CT molecular complexity index is 417. The number of fused-ring (bicyclic) bond motifs is 1. The van der Waals surface area contributed by atoms with E-state index >= 15 is 0 Å². The Labute approximate surface area is 97.4 Å². The van der Waals surface area contributed by atoms with Crippen LogP contribution in [0.2, 0.25) is 0 Å². The summed E-state index contributed by atoms with van der Waals surface area (Å²) in [5.41, 5.74) is 2.58. The summed E-state index contributed by atoms with van der Waals surface area (Å²) >= 11 is 0. The average molecular weight is 217 g/mol. The van der Waals surface area contributed by atoms with E-state index in [1.165, 1.54) is 11.4 Å². The van der Waals surface area contributed by atoms with Gasteiger partial charge in [0.05, 0.1) is 24.5 Å². The maximum absolute atomic E-state index is 5.34. The summed E-state index contributed by atoms with van der Waals surface area (Å²) in [7, 11) is 0. The van der Waals surface area contributed by atoms with Crippen LogP contribution in [0.4, 0.5) is 0 Å². The highest BCUT2D eigenvalue weighted by molar-refractivity contribution is 5.18. The minimum absolute atomic E-state index is 0.126. The smallest absolute Gasteiger partial charge is 0.0681 e. The van der Waals surface area contributed by atoms with Gasteiger partial charge in [0.15, 0.2) is 0 Å². The lowest BCUT2D eigenvalue weighted by Crippen LogP contribution is -2.34. The molecule has 0 amide bonds. The maximum atomic E-state index is 5.34. The van der Waals surface area contributed by atoms with E-state index in [0.717, 1.165) is 26.2 Å². The van der Waals surface area contributed by atoms with Crippen molar-refractivity contribution in [1.29, 1.82) is 0 Å². The molecule has 0 saturated carbocycles. The van der Waals surface area contributed by atoms with E-state index in [4.69, 9.17) is 6.42 Å². The van der Waals surface area contributed by atoms with Crippen LogP contribution in [0.15, 0.2) is 6.07 Å². The molecule has 0 aromatic carbocycles. The molecule has 0 atom stereocenters. The van der Waals surface area contributed by atoms with Gasteiger partial charge in [0.25, 0.3) is 0 Å². The van der Waals surface area contributed by atoms with Crippen LogP contribution < -0.4 is 0 Å². The minimum Gasteiger partial charge on any atom is -0.285 e. The van der Waals surface area contributed by atoms with Gasteiger partial charge in [0, 0.05) is 18.5 Å². The van der Waals surface area contributed by atoms with Crippen molar-refractivity contribution in [1.82, 2.24) is 14.7 Å². The summed E-state index contributed by atoms with van der Waals surface area (Å²) in [4.78, 5) is 2.28. The molecule has 0 N–H and O–H groups in total. The van der Waals surface area contributed by atoms with Crippen LogP contribution in [0, 0.1) is 12.3 Å². The van der Waals surface area contributed by atoms with Crippen LogP contribution in [0.3, 0.4) is 0 Å². The Hall–Kier alpha value is -1.27. The van der Waals surface area contributed by atoms with Gasteiger partial charge in [-0.1, -0.05) is 26.7 Å². The Morgan fingerprint density at radius 3 is 2.81 bits per heavy atom. The van der Waals surface area contributed by atoms with Crippen LogP contribution in [-0.2, 0) is 18.5 Å². The number of hydrogen-bond donors (Lipinski definition) is 0. The summed E-state index contributed by atoms with van der Waals surface area (Å²) in [6.45, 7) is 10.2. The van der Waals surface area contributed by atoms with Crippen LogP contribution >= 0.6 is 0 Å². The third-order valence-electron chi connectivity index (χ3n) is 2.96. The van der Waals surface area contributed by atoms with Gasteiger partial charge in [-0.25, -0.2) is 0 Å². The molecule has 3 heteroatoms. The monoisotopic (exact) mass is 217 g/mol. The topological polar surface area (TPSA) is 21.1 Å². The molecular weight excluding hydrogens is 198 g/mol. The summed E-state index contributed by atoms with van der Waals surface area (Å²) in [5, 5.41) is 4.65. The predicted octanol–water partition coefficient (Wildman–Crippen LogP) is 1.63. The second kappa shape index (κ2) is 3.95. The Morgan fingerprint density at radius 2 is 2.19 bits per heavy atom. The Balaban J connectivity index is 2.21. The van der Waals surface area contributed by atoms with Gasteiger partial charge < -0.3 is 0 Å². The number of hydrogen-bond acceptors (Lipinski definition) is 2. The van der Waals surface area contributed by atoms with Crippen LogP contribution in [0.25, 0.3) is 0 Å². The normalized spacial score (nSPS) is 16.9. The second-order valence-electron chi connectivity index (χ2n) is 5.41. The summed E-state index contributed by atoms with van der Waals surface area (Å²) in [6.07, 6.45) is 5.34. The summed E-state index contributed by atoms with van der Waals surface area (Å²) < 4.78 is 2.12. The van der Waals surface area contributed by atoms with E-state index in [0.29, 0.717) is 0 Å². The largest absolute Gasteiger partial charge is 0.285 e. The highest BCUT2D eigenvalue weighted by atomic mass is 15.3. The number of terminal acetylenes is 1. The van der Waals surface area contributed by atoms with Crippen molar-refractivity contribution >= 4 is 0 Å². The molecule has 2 heterocycles. The molecular formula is C13H19N3. The minimum atomic E-state index is 0.126. The van der Waals surface area contributed by atoms with Crippen molar-refractivity contribution in [2.24, 2.45) is 0 Å². The van der Waals surface area contributed by atoms with Gasteiger partial charge in [0.2, 0.25) is 0 Å². The van der Waals surface area contributed by atoms with E-state index < -0.39 is 0 Å². The predicted molar refractivity (Wildman–Crippen MR) is 65.0 cm³/mol. The first-order valence-electron chi connectivity index (χ1n) is 5.74. The molecule has 0 aliphatic carbocycles. The highest BCUT2D eigenvalue weighted by Crippen LogP contribution is 2.23. The van der Waals surface area contributed by atoms with Crippen molar-refractivity contribution in [2.75, 3.05) is 13.1 Å². The van der Waals surface area contributed by atoms with Crippen molar-refractivity contribution < 1.29 is 0 Å². The standard InChI is InChI=1S/C13H19N3/c1-5-6-15-7-8-16-11(10-15)9-12(14-16)13(2,3)4/h1,9H,6-8,10H2,2-4H3. The summed E-state index contributed by atoms with van der Waals surface area (Å²) in [6, 6.07) is 2.21. The van der Waals surface area contributed by atoms with E-state index in [1.54, 1.807) is 0 Å². The SMILES string of the molecule is C#CCN1CCn2nc(C(C)(C)C)cc2C1. The molecule has 1 aromatic rings. The average Bonchev–Trinajstić information content (AvgIpc) is 2.60. The molecule has 0 fully saturated rings. The summed E-state index contributed by atoms with van der Waals surface area (Å²) in [5.74, 6) is 2.70. The van der Waals surface area contributed by atoms with Gasteiger partial charge >= 0.3 is 0 Å². The van der Waals surface area contributed by atoms with Crippen LogP contribution in [0.1, 0.15) is 32.2 Å². The van der Waals surface area contributed by atoms with E-state index in [-0.39, 0.29) is 5.41 Å². The quantitative estimate of drug-likeness (QED) is 0.667. The lowest BCUT2D eigenvalue weighted by atomic mass is 9.92. The molecule has 1 aromatic heterocycles. The van der Waals surface area contributed by atoms with Crippen molar-refractivity contribution in [2.45, 2.75) is 39.3 Å². The van der Waals surface area contributed by atoms with E-state index in [2.05, 4.69) is 47.4 Å². The fourth-order valence-corrected chi connectivity index (χ4v) is 1.95. The van der Waals surface area contributed by atoms with Gasteiger partial charge in [0.1, 0.15) is 0 Å². The third kappa shape index (κ3) is 2.12. The van der Waals surface area contributed by atoms with E-state index in [9.17, 15) is 0 Å². The zero-order valence-electron chi connectivity index (χ0n) is 10.3. The number of nitrogens with zero attached hydrogens (tertiary/aromatic N) is 3. The van der Waals surface area contributed by atoms with Gasteiger partial charge in [-0.15, -0.1) is 6.42 Å². The molecule has 2 rings (SSSR count). The molecule has 1 aliphatic heterocycles. The van der Waals surface area contributed by atoms with E-state index in [1.807, 2.05) is 0 Å². The maximum Gasteiger partial charge on any atom is 0.0681 e. The fraction of sp³-hybridized carbons (Fsp3) is 0.615. The van der Waals surface area contributed by atoms with Crippen molar-refractivity contribution in [3.05, 3.63) is 17.5 Å². The fourth-order valence-electron chi connectivity index (χ4n) is 1.95. The van der Waals surface area contributed by atoms with Gasteiger partial charge in [-0.05, 0) is 6.07 Å². The molecule has 86 valence electrons. The first-order valence-corrected chi connectivity index (χ1v) is 5.74. The molecule has 0 unspecified atom stereocenters. The van der Waals surface area contributed by atoms with Gasteiger partial charge in [-0.3, -0.25) is 9.58 Å². The Kier molecular flexibility index (Phi) is 2.77. The van der Waals surface area contributed by atoms with Crippen molar-refractivity contribution in [3.63, 3.8) is 0 Å². The van der Waals surface area contributed by atoms with Crippen LogP contribution in [0.5, 0.6) is 0 Å². The molecule has 0 spiro atoms. The zero-order chi connectivity index (χ0) is 11.8.